The molecule has 2 aliphatic rings. The van der Waals surface area contributed by atoms with Gasteiger partial charge in [-0.15, -0.1) is 0 Å². The second-order valence-corrected chi connectivity index (χ2v) is 13.9. The van der Waals surface area contributed by atoms with E-state index in [0.29, 0.717) is 44.8 Å². The van der Waals surface area contributed by atoms with Gasteiger partial charge >= 0.3 is 0 Å². The lowest BCUT2D eigenvalue weighted by atomic mass is 9.78. The quantitative estimate of drug-likeness (QED) is 0.264. The van der Waals surface area contributed by atoms with E-state index in [0.717, 1.165) is 48.8 Å². The van der Waals surface area contributed by atoms with Crippen LogP contribution in [0.15, 0.2) is 42.9 Å². The van der Waals surface area contributed by atoms with Crippen LogP contribution < -0.4 is 10.2 Å². The number of nitrogens with one attached hydrogen (secondary N) is 1. The third-order valence-corrected chi connectivity index (χ3v) is 10.5. The average molecular weight is 626 g/mol. The lowest BCUT2D eigenvalue weighted by Gasteiger charge is -2.40. The third kappa shape index (κ3) is 7.73. The maximum Gasteiger partial charge on any atom is 0.214 e. The lowest BCUT2D eigenvalue weighted by Crippen LogP contribution is -2.42. The van der Waals surface area contributed by atoms with Crippen LogP contribution in [0, 0.1) is 5.82 Å². The van der Waals surface area contributed by atoms with E-state index in [1.165, 1.54) is 17.2 Å². The second-order valence-electron chi connectivity index (χ2n) is 11.8. The average Bonchev–Trinajstić information content (AvgIpc) is 3.00. The topological polar surface area (TPSA) is 94.6 Å². The molecule has 0 amide bonds. The van der Waals surface area contributed by atoms with Gasteiger partial charge in [-0.1, -0.05) is 47.6 Å². The normalized spacial score (nSPS) is 16.1. The summed E-state index contributed by atoms with van der Waals surface area (Å²) in [6.07, 6.45) is 5.36. The number of nitrogens with zero attached hydrogens (tertiary/aromatic N) is 6. The molecular formula is C33H48FN7O2S. The van der Waals surface area contributed by atoms with E-state index in [9.17, 15) is 12.8 Å². The summed E-state index contributed by atoms with van der Waals surface area (Å²) >= 11 is 0. The molecule has 0 bridgehead atoms. The van der Waals surface area contributed by atoms with E-state index in [1.807, 2.05) is 32.6 Å². The van der Waals surface area contributed by atoms with Crippen molar-refractivity contribution < 1.29 is 12.8 Å². The van der Waals surface area contributed by atoms with Gasteiger partial charge in [0.2, 0.25) is 10.0 Å². The highest BCUT2D eigenvalue weighted by Gasteiger charge is 2.32. The van der Waals surface area contributed by atoms with Gasteiger partial charge in [-0.25, -0.2) is 32.1 Å². The molecule has 0 unspecified atom stereocenters. The Labute approximate surface area is 263 Å². The maximum atomic E-state index is 14.3. The van der Waals surface area contributed by atoms with Gasteiger partial charge in [-0.3, -0.25) is 4.90 Å². The molecule has 5 rings (SSSR count). The molecule has 0 aliphatic carbocycles. The summed E-state index contributed by atoms with van der Waals surface area (Å²) in [7, 11) is -3.18. The number of benzene rings is 1. The van der Waals surface area contributed by atoms with E-state index in [-0.39, 0.29) is 17.0 Å². The lowest BCUT2D eigenvalue weighted by molar-refractivity contribution is 0.192. The smallest absolute Gasteiger partial charge is 0.214 e. The van der Waals surface area contributed by atoms with Crippen LogP contribution in [-0.4, -0.2) is 71.1 Å². The molecule has 0 atom stereocenters. The molecule has 9 nitrogen and oxygen atoms in total. The fourth-order valence-electron chi connectivity index (χ4n) is 6.32. The number of hydrogen-bond donors (Lipinski definition) is 1. The summed E-state index contributed by atoms with van der Waals surface area (Å²) in [6, 6.07) is 9.56. The van der Waals surface area contributed by atoms with E-state index in [4.69, 9.17) is 0 Å². The Morgan fingerprint density at radius 1 is 1.05 bits per heavy atom. The van der Waals surface area contributed by atoms with E-state index in [1.54, 1.807) is 22.9 Å². The molecule has 3 aromatic rings. The van der Waals surface area contributed by atoms with Crippen molar-refractivity contribution in [3.8, 4) is 0 Å². The number of anilines is 3. The number of unbranched alkanes of at least 4 members (excludes halogenated alkanes) is 1. The van der Waals surface area contributed by atoms with Crippen molar-refractivity contribution in [2.24, 2.45) is 0 Å². The molecule has 1 N–H and O–H groups in total. The van der Waals surface area contributed by atoms with Gasteiger partial charge < -0.3 is 10.2 Å². The minimum Gasteiger partial charge on any atom is -0.348 e. The van der Waals surface area contributed by atoms with Crippen molar-refractivity contribution in [3.05, 3.63) is 71.1 Å². The molecule has 11 heteroatoms. The SMILES string of the molecule is CC.CCN(CC)S(=O)(=O)CCCCN1Cc2cc(Nc3ncnc4c3CCN(c3ncccc3F)C4)ccc2C(C)(C)C1. The first-order chi connectivity index (χ1) is 21.1. The molecule has 4 heterocycles. The minimum absolute atomic E-state index is 0.0162. The summed E-state index contributed by atoms with van der Waals surface area (Å²) in [5.74, 6) is 1.00. The first-order valence-corrected chi connectivity index (χ1v) is 17.5. The summed E-state index contributed by atoms with van der Waals surface area (Å²) in [5, 5.41) is 3.53. The zero-order chi connectivity index (χ0) is 31.9. The molecule has 0 spiro atoms. The van der Waals surface area contributed by atoms with Crippen LogP contribution in [0.3, 0.4) is 0 Å². The summed E-state index contributed by atoms with van der Waals surface area (Å²) < 4.78 is 41.0. The number of aromatic nitrogens is 3. The molecular weight excluding hydrogens is 577 g/mol. The predicted molar refractivity (Wildman–Crippen MR) is 176 cm³/mol. The van der Waals surface area contributed by atoms with Crippen LogP contribution in [0.4, 0.5) is 21.7 Å². The van der Waals surface area contributed by atoms with Gasteiger partial charge in [0.25, 0.3) is 0 Å². The second kappa shape index (κ2) is 14.8. The molecule has 44 heavy (non-hydrogen) atoms. The monoisotopic (exact) mass is 625 g/mol. The van der Waals surface area contributed by atoms with Crippen molar-refractivity contribution >= 4 is 27.3 Å². The first-order valence-electron chi connectivity index (χ1n) is 15.9. The Kier molecular flexibility index (Phi) is 11.3. The van der Waals surface area contributed by atoms with Crippen LogP contribution in [0.5, 0.6) is 0 Å². The highest BCUT2D eigenvalue weighted by Crippen LogP contribution is 2.36. The largest absolute Gasteiger partial charge is 0.348 e. The van der Waals surface area contributed by atoms with Crippen LogP contribution in [0.2, 0.25) is 0 Å². The zero-order valence-corrected chi connectivity index (χ0v) is 27.9. The minimum atomic E-state index is -3.18. The molecule has 0 radical (unpaired) electrons. The number of hydrogen-bond acceptors (Lipinski definition) is 8. The number of fused-ring (bicyclic) bond motifs is 2. The Hall–Kier alpha value is -3.15. The van der Waals surface area contributed by atoms with Crippen molar-refractivity contribution in [1.29, 1.82) is 0 Å². The molecule has 240 valence electrons. The Bertz CT molecular complexity index is 1510. The van der Waals surface area contributed by atoms with Gasteiger partial charge in [0.15, 0.2) is 11.6 Å². The van der Waals surface area contributed by atoms with Crippen molar-refractivity contribution in [3.63, 3.8) is 0 Å². The Morgan fingerprint density at radius 2 is 1.82 bits per heavy atom. The molecule has 2 aromatic heterocycles. The summed E-state index contributed by atoms with van der Waals surface area (Å²) in [5.41, 5.74) is 5.48. The number of rotatable bonds is 11. The summed E-state index contributed by atoms with van der Waals surface area (Å²) in [4.78, 5) is 17.7. The standard InChI is InChI=1S/C31H42FN7O2S.C2H6/c1-5-39(6-2)42(40,41)17-8-7-15-37-19-23-18-24(11-12-26(23)31(3,4)21-37)36-29-25-13-16-38(20-28(25)34-22-35-29)30-27(32)10-9-14-33-30;1-2/h9-12,14,18,22H,5-8,13,15-17,19-21H2,1-4H3,(H,34,35,36);1-2H3. The molecule has 1 aromatic carbocycles. The first kappa shape index (κ1) is 33.7. The van der Waals surface area contributed by atoms with Crippen molar-refractivity contribution in [1.82, 2.24) is 24.2 Å². The van der Waals surface area contributed by atoms with Gasteiger partial charge in [-0.05, 0) is 61.2 Å². The Morgan fingerprint density at radius 3 is 2.55 bits per heavy atom. The highest BCUT2D eigenvalue weighted by atomic mass is 32.2. The predicted octanol–water partition coefficient (Wildman–Crippen LogP) is 5.89. The van der Waals surface area contributed by atoms with E-state index < -0.39 is 10.0 Å². The molecule has 0 saturated heterocycles. The van der Waals surface area contributed by atoms with Crippen molar-refractivity contribution in [2.45, 2.75) is 79.3 Å². The number of pyridine rings is 1. The number of halogens is 1. The van der Waals surface area contributed by atoms with E-state index >= 15 is 0 Å². The Balaban J connectivity index is 0.00000216. The number of sulfonamides is 1. The molecule has 0 fully saturated rings. The molecule has 2 aliphatic heterocycles. The third-order valence-electron chi connectivity index (χ3n) is 8.38. The van der Waals surface area contributed by atoms with Crippen LogP contribution >= 0.6 is 0 Å². The fraction of sp³-hybridized carbons (Fsp3) is 0.545. The summed E-state index contributed by atoms with van der Waals surface area (Å²) in [6.45, 7) is 17.1. The van der Waals surface area contributed by atoms with Gasteiger partial charge in [0, 0.05) is 55.6 Å². The van der Waals surface area contributed by atoms with Crippen molar-refractivity contribution in [2.75, 3.05) is 48.7 Å². The van der Waals surface area contributed by atoms with Crippen LogP contribution in [0.1, 0.15) is 76.8 Å². The van der Waals surface area contributed by atoms with Gasteiger partial charge in [0.05, 0.1) is 18.0 Å². The highest BCUT2D eigenvalue weighted by molar-refractivity contribution is 7.89. The zero-order valence-electron chi connectivity index (χ0n) is 27.1. The maximum absolute atomic E-state index is 14.3. The van der Waals surface area contributed by atoms with Crippen LogP contribution in [-0.2, 0) is 34.9 Å². The van der Waals surface area contributed by atoms with Gasteiger partial charge in [-0.2, -0.15) is 0 Å². The van der Waals surface area contributed by atoms with E-state index in [2.05, 4.69) is 57.2 Å². The van der Waals surface area contributed by atoms with Gasteiger partial charge in [0.1, 0.15) is 12.1 Å². The fourth-order valence-corrected chi connectivity index (χ4v) is 7.93. The van der Waals surface area contributed by atoms with Crippen LogP contribution in [0.25, 0.3) is 0 Å². The molecule has 0 saturated carbocycles.